The van der Waals surface area contributed by atoms with Crippen LogP contribution in [0.25, 0.3) is 0 Å². The number of rotatable bonds is 5. The predicted molar refractivity (Wildman–Crippen MR) is 104 cm³/mol. The van der Waals surface area contributed by atoms with Crippen molar-refractivity contribution in [2.24, 2.45) is 0 Å². The van der Waals surface area contributed by atoms with Gasteiger partial charge in [0.1, 0.15) is 5.75 Å². The molecule has 1 spiro atoms. The van der Waals surface area contributed by atoms with Crippen LogP contribution in [0.4, 0.5) is 5.95 Å². The van der Waals surface area contributed by atoms with E-state index in [2.05, 4.69) is 27.4 Å². The van der Waals surface area contributed by atoms with Crippen LogP contribution >= 0.6 is 0 Å². The fourth-order valence-corrected chi connectivity index (χ4v) is 4.30. The molecule has 5 rings (SSSR count). The molecule has 7 heteroatoms. The molecular weight excluding hydrogens is 356 g/mol. The van der Waals surface area contributed by atoms with Gasteiger partial charge in [0.25, 0.3) is 5.91 Å². The Morgan fingerprint density at radius 1 is 1.29 bits per heavy atom. The standard InChI is InChI=1S/C21H24N4O3/c1-2-28-18-4-3-14-7-17(8-15(14)9-18)24-20-22-10-16(11-23-20)19(26)25-6-5-21(25)12-27-13-21/h3-4,9-11,17H,2,5-8,12-13H2,1H3,(H,22,23,24). The van der Waals surface area contributed by atoms with E-state index in [4.69, 9.17) is 9.47 Å². The summed E-state index contributed by atoms with van der Waals surface area (Å²) in [7, 11) is 0. The first-order valence-electron chi connectivity index (χ1n) is 9.90. The van der Waals surface area contributed by atoms with Gasteiger partial charge in [-0.3, -0.25) is 4.79 Å². The molecule has 146 valence electrons. The molecule has 3 heterocycles. The first kappa shape index (κ1) is 17.4. The van der Waals surface area contributed by atoms with E-state index in [1.54, 1.807) is 12.4 Å². The van der Waals surface area contributed by atoms with E-state index in [1.807, 2.05) is 17.9 Å². The monoisotopic (exact) mass is 380 g/mol. The van der Waals surface area contributed by atoms with Gasteiger partial charge in [0.2, 0.25) is 5.95 Å². The van der Waals surface area contributed by atoms with E-state index in [0.29, 0.717) is 31.3 Å². The van der Waals surface area contributed by atoms with Gasteiger partial charge in [-0.05, 0) is 49.4 Å². The third-order valence-electron chi connectivity index (χ3n) is 6.01. The molecule has 2 fully saturated rings. The van der Waals surface area contributed by atoms with E-state index < -0.39 is 0 Å². The number of benzene rings is 1. The average Bonchev–Trinajstić information content (AvgIpc) is 3.02. The molecule has 1 aromatic heterocycles. The maximum Gasteiger partial charge on any atom is 0.257 e. The highest BCUT2D eigenvalue weighted by molar-refractivity contribution is 5.95. The summed E-state index contributed by atoms with van der Waals surface area (Å²) < 4.78 is 10.9. The van der Waals surface area contributed by atoms with Gasteiger partial charge < -0.3 is 19.7 Å². The second-order valence-electron chi connectivity index (χ2n) is 7.83. The number of amides is 1. The average molecular weight is 380 g/mol. The van der Waals surface area contributed by atoms with Crippen LogP contribution in [0, 0.1) is 0 Å². The summed E-state index contributed by atoms with van der Waals surface area (Å²) in [6.45, 7) is 4.74. The Balaban J connectivity index is 1.22. The van der Waals surface area contributed by atoms with Crippen molar-refractivity contribution in [3.8, 4) is 5.75 Å². The second kappa shape index (κ2) is 6.74. The van der Waals surface area contributed by atoms with Crippen molar-refractivity contribution in [2.75, 3.05) is 31.7 Å². The first-order valence-corrected chi connectivity index (χ1v) is 9.90. The highest BCUT2D eigenvalue weighted by atomic mass is 16.5. The highest BCUT2D eigenvalue weighted by Gasteiger charge is 2.53. The molecule has 3 aliphatic rings. The Morgan fingerprint density at radius 3 is 2.71 bits per heavy atom. The first-order chi connectivity index (χ1) is 13.7. The number of nitrogens with one attached hydrogen (secondary N) is 1. The van der Waals surface area contributed by atoms with Gasteiger partial charge in [0.05, 0.1) is 30.9 Å². The molecular formula is C21H24N4O3. The van der Waals surface area contributed by atoms with Gasteiger partial charge in [0, 0.05) is 25.0 Å². The zero-order valence-electron chi connectivity index (χ0n) is 16.0. The van der Waals surface area contributed by atoms with Crippen molar-refractivity contribution >= 4 is 11.9 Å². The van der Waals surface area contributed by atoms with E-state index in [9.17, 15) is 4.79 Å². The number of hydrogen-bond donors (Lipinski definition) is 1. The van der Waals surface area contributed by atoms with Crippen molar-refractivity contribution < 1.29 is 14.3 Å². The smallest absolute Gasteiger partial charge is 0.257 e. The number of carbonyl (C=O) groups excluding carboxylic acids is 1. The number of likely N-dealkylation sites (tertiary alicyclic amines) is 1. The molecule has 1 aliphatic carbocycles. The molecule has 0 saturated carbocycles. The van der Waals surface area contributed by atoms with E-state index >= 15 is 0 Å². The third-order valence-corrected chi connectivity index (χ3v) is 6.01. The largest absolute Gasteiger partial charge is 0.494 e. The summed E-state index contributed by atoms with van der Waals surface area (Å²) in [4.78, 5) is 23.3. The molecule has 2 aliphatic heterocycles. The van der Waals surface area contributed by atoms with Crippen molar-refractivity contribution in [2.45, 2.75) is 37.8 Å². The Hall–Kier alpha value is -2.67. The molecule has 0 radical (unpaired) electrons. The second-order valence-corrected chi connectivity index (χ2v) is 7.83. The maximum absolute atomic E-state index is 12.7. The summed E-state index contributed by atoms with van der Waals surface area (Å²) in [5.74, 6) is 1.48. The van der Waals surface area contributed by atoms with Crippen LogP contribution in [0.5, 0.6) is 5.75 Å². The van der Waals surface area contributed by atoms with Crippen LogP contribution in [0.15, 0.2) is 30.6 Å². The number of fused-ring (bicyclic) bond motifs is 1. The van der Waals surface area contributed by atoms with E-state index in [0.717, 1.165) is 31.6 Å². The zero-order chi connectivity index (χ0) is 19.1. The molecule has 1 aromatic carbocycles. The van der Waals surface area contributed by atoms with Crippen molar-refractivity contribution in [1.29, 1.82) is 0 Å². The van der Waals surface area contributed by atoms with Gasteiger partial charge in [-0.25, -0.2) is 9.97 Å². The van der Waals surface area contributed by atoms with E-state index in [-0.39, 0.29) is 17.5 Å². The van der Waals surface area contributed by atoms with Gasteiger partial charge >= 0.3 is 0 Å². The number of nitrogens with zero attached hydrogens (tertiary/aromatic N) is 3. The topological polar surface area (TPSA) is 76.6 Å². The van der Waals surface area contributed by atoms with Crippen molar-refractivity contribution in [1.82, 2.24) is 14.9 Å². The molecule has 1 atom stereocenters. The lowest BCUT2D eigenvalue weighted by Gasteiger charge is -2.57. The number of ether oxygens (including phenoxy) is 2. The minimum Gasteiger partial charge on any atom is -0.494 e. The summed E-state index contributed by atoms with van der Waals surface area (Å²) in [5.41, 5.74) is 3.11. The van der Waals surface area contributed by atoms with Crippen LogP contribution in [-0.2, 0) is 17.6 Å². The van der Waals surface area contributed by atoms with Crippen LogP contribution in [0.1, 0.15) is 34.8 Å². The maximum atomic E-state index is 12.7. The van der Waals surface area contributed by atoms with E-state index in [1.165, 1.54) is 11.1 Å². The predicted octanol–water partition coefficient (Wildman–Crippen LogP) is 2.07. The number of anilines is 1. The van der Waals surface area contributed by atoms with Gasteiger partial charge in [0.15, 0.2) is 0 Å². The summed E-state index contributed by atoms with van der Waals surface area (Å²) in [5, 5.41) is 3.39. The molecule has 2 aromatic rings. The van der Waals surface area contributed by atoms with Gasteiger partial charge in [-0.15, -0.1) is 0 Å². The fourth-order valence-electron chi connectivity index (χ4n) is 4.30. The Bertz CT molecular complexity index is 890. The Labute approximate surface area is 164 Å². The molecule has 1 N–H and O–H groups in total. The lowest BCUT2D eigenvalue weighted by atomic mass is 9.82. The van der Waals surface area contributed by atoms with Crippen molar-refractivity contribution in [3.05, 3.63) is 47.3 Å². The van der Waals surface area contributed by atoms with Crippen molar-refractivity contribution in [3.63, 3.8) is 0 Å². The van der Waals surface area contributed by atoms with Gasteiger partial charge in [-0.1, -0.05) is 6.07 Å². The molecule has 7 nitrogen and oxygen atoms in total. The Kier molecular flexibility index (Phi) is 4.19. The Morgan fingerprint density at radius 2 is 2.07 bits per heavy atom. The molecule has 1 unspecified atom stereocenters. The number of hydrogen-bond acceptors (Lipinski definition) is 6. The summed E-state index contributed by atoms with van der Waals surface area (Å²) in [6.07, 6.45) is 6.11. The minimum absolute atomic E-state index is 0.00201. The molecule has 28 heavy (non-hydrogen) atoms. The van der Waals surface area contributed by atoms with Crippen LogP contribution in [0.2, 0.25) is 0 Å². The molecule has 1 amide bonds. The SMILES string of the molecule is CCOc1ccc2c(c1)CC(Nc1ncc(C(=O)N3CCC34COC4)cn1)C2. The highest BCUT2D eigenvalue weighted by Crippen LogP contribution is 2.38. The van der Waals surface area contributed by atoms with Gasteiger partial charge in [-0.2, -0.15) is 0 Å². The summed E-state index contributed by atoms with van der Waals surface area (Å²) >= 11 is 0. The quantitative estimate of drug-likeness (QED) is 0.856. The molecule has 2 saturated heterocycles. The zero-order valence-corrected chi connectivity index (χ0v) is 16.0. The fraction of sp³-hybridized carbons (Fsp3) is 0.476. The lowest BCUT2D eigenvalue weighted by molar-refractivity contribution is -0.172. The van der Waals surface area contributed by atoms with Crippen LogP contribution < -0.4 is 10.1 Å². The summed E-state index contributed by atoms with van der Waals surface area (Å²) in [6, 6.07) is 6.53. The third kappa shape index (κ3) is 2.90. The minimum atomic E-state index is -0.0655. The van der Waals surface area contributed by atoms with Crippen LogP contribution in [-0.4, -0.2) is 58.7 Å². The normalized spacial score (nSPS) is 21.6. The number of aromatic nitrogens is 2. The molecule has 0 bridgehead atoms. The van der Waals surface area contributed by atoms with Crippen LogP contribution in [0.3, 0.4) is 0 Å². The number of carbonyl (C=O) groups is 1. The lowest BCUT2D eigenvalue weighted by Crippen LogP contribution is -2.72.